The Bertz CT molecular complexity index is 83.8. The third-order valence-electron chi connectivity index (χ3n) is 0.606. The molecule has 4 nitrogen and oxygen atoms in total. The van der Waals surface area contributed by atoms with Crippen molar-refractivity contribution in [1.82, 2.24) is 0 Å². The number of aliphatic hydroxyl groups is 2. The zero-order valence-electron chi connectivity index (χ0n) is 4.24. The third kappa shape index (κ3) is 5.21. The SMILES string of the molecule is N#CO.OCC1CO1. The quantitative estimate of drug-likeness (QED) is 0.349. The molecule has 1 rings (SSSR count). The van der Waals surface area contributed by atoms with Crippen LogP contribution in [0.5, 0.6) is 0 Å². The van der Waals surface area contributed by atoms with Crippen molar-refractivity contribution in [2.75, 3.05) is 13.2 Å². The number of rotatable bonds is 1. The number of nitrogens with zero attached hydrogens (tertiary/aromatic N) is 1. The van der Waals surface area contributed by atoms with E-state index in [0.29, 0.717) is 0 Å². The van der Waals surface area contributed by atoms with E-state index < -0.39 is 0 Å². The van der Waals surface area contributed by atoms with Gasteiger partial charge in [-0.05, 0) is 0 Å². The highest BCUT2D eigenvalue weighted by Gasteiger charge is 2.19. The van der Waals surface area contributed by atoms with Gasteiger partial charge in [-0.1, -0.05) is 0 Å². The number of hydrogen-bond donors (Lipinski definition) is 2. The van der Waals surface area contributed by atoms with Gasteiger partial charge < -0.3 is 14.9 Å². The van der Waals surface area contributed by atoms with E-state index >= 15 is 0 Å². The van der Waals surface area contributed by atoms with Crippen LogP contribution in [0.25, 0.3) is 0 Å². The topological polar surface area (TPSA) is 76.8 Å². The Morgan fingerprint density at radius 3 is 2.25 bits per heavy atom. The minimum absolute atomic E-state index is 0.190. The van der Waals surface area contributed by atoms with Gasteiger partial charge in [-0.15, -0.1) is 0 Å². The first-order valence-corrected chi connectivity index (χ1v) is 2.10. The lowest BCUT2D eigenvalue weighted by Gasteiger charge is -1.70. The van der Waals surface area contributed by atoms with E-state index in [-0.39, 0.29) is 12.7 Å². The first-order chi connectivity index (χ1) is 3.85. The maximum atomic E-state index is 8.08. The summed E-state index contributed by atoms with van der Waals surface area (Å²) in [5, 5.41) is 21.8. The van der Waals surface area contributed by atoms with Crippen molar-refractivity contribution in [3.8, 4) is 6.26 Å². The fourth-order valence-corrected chi connectivity index (χ4v) is 0.173. The highest BCUT2D eigenvalue weighted by atomic mass is 16.6. The lowest BCUT2D eigenvalue weighted by atomic mass is 10.5. The summed E-state index contributed by atoms with van der Waals surface area (Å²) in [7, 11) is 0. The molecule has 0 amide bonds. The van der Waals surface area contributed by atoms with Gasteiger partial charge in [0, 0.05) is 0 Å². The first-order valence-electron chi connectivity index (χ1n) is 2.10. The van der Waals surface area contributed by atoms with Crippen molar-refractivity contribution >= 4 is 0 Å². The van der Waals surface area contributed by atoms with Crippen molar-refractivity contribution < 1.29 is 14.9 Å². The molecule has 0 aliphatic carbocycles. The summed E-state index contributed by atoms with van der Waals surface area (Å²) in [6.07, 6.45) is 0.940. The van der Waals surface area contributed by atoms with E-state index in [9.17, 15) is 0 Å². The Labute approximate surface area is 46.9 Å². The van der Waals surface area contributed by atoms with Crippen LogP contribution in [0.1, 0.15) is 0 Å². The van der Waals surface area contributed by atoms with Gasteiger partial charge in [0.05, 0.1) is 13.2 Å². The van der Waals surface area contributed by atoms with Crippen LogP contribution in [0, 0.1) is 11.5 Å². The van der Waals surface area contributed by atoms with Gasteiger partial charge >= 0.3 is 0 Å². The molecule has 0 aromatic heterocycles. The Morgan fingerprint density at radius 2 is 2.25 bits per heavy atom. The smallest absolute Gasteiger partial charge is 0.283 e. The van der Waals surface area contributed by atoms with Crippen LogP contribution >= 0.6 is 0 Å². The van der Waals surface area contributed by atoms with Crippen LogP contribution in [0.4, 0.5) is 0 Å². The number of epoxide rings is 1. The fourth-order valence-electron chi connectivity index (χ4n) is 0.173. The van der Waals surface area contributed by atoms with Gasteiger partial charge in [-0.25, -0.2) is 0 Å². The molecule has 8 heavy (non-hydrogen) atoms. The van der Waals surface area contributed by atoms with E-state index in [1.807, 2.05) is 0 Å². The van der Waals surface area contributed by atoms with Crippen molar-refractivity contribution in [2.24, 2.45) is 0 Å². The largest absolute Gasteiger partial charge is 0.443 e. The molecule has 1 fully saturated rings. The van der Waals surface area contributed by atoms with Crippen molar-refractivity contribution in [3.05, 3.63) is 0 Å². The standard InChI is InChI=1S/C3H6O2.CHNO/c4-1-3-2-5-3;2-1-3/h3-4H,1-2H2;3H. The van der Waals surface area contributed by atoms with E-state index in [2.05, 4.69) is 4.74 Å². The number of ether oxygens (including phenoxy) is 1. The lowest BCUT2D eigenvalue weighted by Crippen LogP contribution is -1.88. The maximum absolute atomic E-state index is 8.08. The van der Waals surface area contributed by atoms with Gasteiger partial charge in [-0.2, -0.15) is 5.26 Å². The second-order valence-corrected chi connectivity index (χ2v) is 1.24. The van der Waals surface area contributed by atoms with Crippen LogP contribution < -0.4 is 0 Å². The molecule has 0 aromatic carbocycles. The zero-order chi connectivity index (χ0) is 6.41. The van der Waals surface area contributed by atoms with Crippen LogP contribution in [0.3, 0.4) is 0 Å². The minimum atomic E-state index is 0.190. The lowest BCUT2D eigenvalue weighted by molar-refractivity contribution is 0.244. The van der Waals surface area contributed by atoms with E-state index in [1.165, 1.54) is 0 Å². The Morgan fingerprint density at radius 1 is 1.88 bits per heavy atom. The second-order valence-electron chi connectivity index (χ2n) is 1.24. The number of nitriles is 1. The average Bonchev–Trinajstić information content (AvgIpc) is 2.48. The molecule has 1 unspecified atom stereocenters. The first kappa shape index (κ1) is 7.21. The van der Waals surface area contributed by atoms with E-state index in [4.69, 9.17) is 15.5 Å². The highest BCUT2D eigenvalue weighted by Crippen LogP contribution is 2.04. The minimum Gasteiger partial charge on any atom is -0.443 e. The maximum Gasteiger partial charge on any atom is 0.283 e. The molecule has 1 atom stereocenters. The summed E-state index contributed by atoms with van der Waals surface area (Å²) in [5.41, 5.74) is 0. The molecule has 0 aromatic rings. The summed E-state index contributed by atoms with van der Waals surface area (Å²) < 4.78 is 4.61. The third-order valence-corrected chi connectivity index (χ3v) is 0.606. The van der Waals surface area contributed by atoms with E-state index in [1.54, 1.807) is 0 Å². The molecule has 2 N–H and O–H groups in total. The molecule has 46 valence electrons. The molecular weight excluding hydrogens is 110 g/mol. The second kappa shape index (κ2) is 4.37. The number of hydrogen-bond acceptors (Lipinski definition) is 4. The predicted octanol–water partition coefficient (Wildman–Crippen LogP) is -0.783. The van der Waals surface area contributed by atoms with Crippen LogP contribution in [0.15, 0.2) is 0 Å². The molecule has 1 aliphatic rings. The molecule has 0 radical (unpaired) electrons. The number of aliphatic hydroxyl groups excluding tert-OH is 2. The van der Waals surface area contributed by atoms with E-state index in [0.717, 1.165) is 12.9 Å². The van der Waals surface area contributed by atoms with Gasteiger partial charge in [0.2, 0.25) is 0 Å². The van der Waals surface area contributed by atoms with Crippen molar-refractivity contribution in [3.63, 3.8) is 0 Å². The molecule has 0 spiro atoms. The van der Waals surface area contributed by atoms with Gasteiger partial charge in [0.25, 0.3) is 6.26 Å². The summed E-state index contributed by atoms with van der Waals surface area (Å²) >= 11 is 0. The van der Waals surface area contributed by atoms with Gasteiger partial charge in [0.15, 0.2) is 0 Å². The van der Waals surface area contributed by atoms with Gasteiger partial charge in [0.1, 0.15) is 6.10 Å². The van der Waals surface area contributed by atoms with Crippen LogP contribution in [0.2, 0.25) is 0 Å². The molecule has 1 heterocycles. The van der Waals surface area contributed by atoms with Crippen LogP contribution in [-0.2, 0) is 4.74 Å². The molecule has 0 bridgehead atoms. The normalized spacial score (nSPS) is 22.2. The van der Waals surface area contributed by atoms with Crippen molar-refractivity contribution in [1.29, 1.82) is 5.26 Å². The molecule has 4 heteroatoms. The predicted molar refractivity (Wildman–Crippen MR) is 24.4 cm³/mol. The molecule has 1 saturated heterocycles. The highest BCUT2D eigenvalue weighted by molar-refractivity contribution is 4.65. The van der Waals surface area contributed by atoms with Gasteiger partial charge in [-0.3, -0.25) is 0 Å². The monoisotopic (exact) mass is 117 g/mol. The zero-order valence-corrected chi connectivity index (χ0v) is 4.24. The summed E-state index contributed by atoms with van der Waals surface area (Å²) in [4.78, 5) is 0. The Kier molecular flexibility index (Phi) is 3.94. The fraction of sp³-hybridized carbons (Fsp3) is 0.750. The Balaban J connectivity index is 0.000000145. The average molecular weight is 117 g/mol. The van der Waals surface area contributed by atoms with Crippen LogP contribution in [-0.4, -0.2) is 29.5 Å². The Hall–Kier alpha value is -0.790. The summed E-state index contributed by atoms with van der Waals surface area (Å²) in [6.45, 7) is 0.955. The summed E-state index contributed by atoms with van der Waals surface area (Å²) in [5.74, 6) is 0. The molecule has 0 saturated carbocycles. The molecular formula is C4H7NO3. The van der Waals surface area contributed by atoms with Crippen molar-refractivity contribution in [2.45, 2.75) is 6.10 Å². The molecule has 1 aliphatic heterocycles. The summed E-state index contributed by atoms with van der Waals surface area (Å²) in [6, 6.07) is 0.